The molecular formula is C17H20F4O4. The minimum atomic E-state index is -5.39. The molecule has 1 aliphatic heterocycles. The Morgan fingerprint density at radius 2 is 1.92 bits per heavy atom. The molecular weight excluding hydrogens is 344 g/mol. The van der Waals surface area contributed by atoms with Gasteiger partial charge in [0.2, 0.25) is 0 Å². The van der Waals surface area contributed by atoms with Crippen LogP contribution in [0, 0.1) is 11.7 Å². The molecule has 1 aliphatic rings. The van der Waals surface area contributed by atoms with Crippen LogP contribution in [-0.4, -0.2) is 34.6 Å². The molecule has 0 aliphatic carbocycles. The van der Waals surface area contributed by atoms with Crippen LogP contribution in [0.4, 0.5) is 17.6 Å². The van der Waals surface area contributed by atoms with E-state index in [1.165, 1.54) is 26.8 Å². The van der Waals surface area contributed by atoms with Crippen LogP contribution < -0.4 is 4.74 Å². The van der Waals surface area contributed by atoms with Gasteiger partial charge in [0.15, 0.2) is 0 Å². The van der Waals surface area contributed by atoms with Crippen LogP contribution >= 0.6 is 0 Å². The smallest absolute Gasteiger partial charge is 0.428 e. The van der Waals surface area contributed by atoms with Gasteiger partial charge in [-0.15, -0.1) is 0 Å². The summed E-state index contributed by atoms with van der Waals surface area (Å²) in [6.07, 6.45) is -5.27. The van der Waals surface area contributed by atoms with Crippen molar-refractivity contribution in [3.8, 4) is 5.75 Å². The van der Waals surface area contributed by atoms with Gasteiger partial charge in [-0.05, 0) is 24.0 Å². The third-order valence-corrected chi connectivity index (χ3v) is 4.98. The van der Waals surface area contributed by atoms with Crippen LogP contribution in [0.15, 0.2) is 12.1 Å². The molecule has 0 radical (unpaired) electrons. The number of aliphatic carboxylic acids is 1. The molecule has 2 unspecified atom stereocenters. The van der Waals surface area contributed by atoms with Crippen molar-refractivity contribution in [2.45, 2.75) is 50.8 Å². The van der Waals surface area contributed by atoms with Crippen molar-refractivity contribution >= 4 is 5.97 Å². The van der Waals surface area contributed by atoms with Crippen LogP contribution in [0.3, 0.4) is 0 Å². The SMILES string of the molecule is CCC(C(C)(C)c1cc(F)cc2c1OCC2)C(O)(C(=O)O)C(F)(F)F. The molecule has 0 amide bonds. The lowest BCUT2D eigenvalue weighted by molar-refractivity contribution is -0.282. The van der Waals surface area contributed by atoms with Crippen molar-refractivity contribution in [1.82, 2.24) is 0 Å². The molecule has 4 nitrogen and oxygen atoms in total. The summed E-state index contributed by atoms with van der Waals surface area (Å²) in [6.45, 7) is 4.34. The quantitative estimate of drug-likeness (QED) is 0.786. The number of aliphatic hydroxyl groups is 1. The van der Waals surface area contributed by atoms with E-state index in [0.717, 1.165) is 6.07 Å². The van der Waals surface area contributed by atoms with Gasteiger partial charge in [-0.3, -0.25) is 0 Å². The summed E-state index contributed by atoms with van der Waals surface area (Å²) in [5.74, 6) is -4.52. The van der Waals surface area contributed by atoms with E-state index in [9.17, 15) is 27.5 Å². The molecule has 2 atom stereocenters. The monoisotopic (exact) mass is 364 g/mol. The molecule has 1 heterocycles. The lowest BCUT2D eigenvalue weighted by atomic mass is 9.64. The number of hydrogen-bond donors (Lipinski definition) is 2. The summed E-state index contributed by atoms with van der Waals surface area (Å²) in [5.41, 5.74) is -4.85. The number of rotatable bonds is 5. The van der Waals surface area contributed by atoms with Crippen LogP contribution in [-0.2, 0) is 16.6 Å². The highest BCUT2D eigenvalue weighted by Crippen LogP contribution is 2.50. The number of halogens is 4. The number of fused-ring (bicyclic) bond motifs is 1. The standard InChI is InChI=1S/C17H20F4O4/c1-4-12(16(24,14(22)23)17(19,20)21)15(2,3)11-8-10(18)7-9-5-6-25-13(9)11/h7-8,12,24H,4-6H2,1-3H3,(H,22,23). The number of carbonyl (C=O) groups is 1. The zero-order valence-electron chi connectivity index (χ0n) is 14.1. The Balaban J connectivity index is 2.66. The van der Waals surface area contributed by atoms with Crippen molar-refractivity contribution < 1.29 is 37.3 Å². The predicted molar refractivity (Wildman–Crippen MR) is 81.0 cm³/mol. The summed E-state index contributed by atoms with van der Waals surface area (Å²) in [6, 6.07) is 2.29. The minimum Gasteiger partial charge on any atom is -0.493 e. The second kappa shape index (κ2) is 6.16. The Hall–Kier alpha value is -1.83. The number of hydrogen-bond acceptors (Lipinski definition) is 3. The largest absolute Gasteiger partial charge is 0.493 e. The van der Waals surface area contributed by atoms with Gasteiger partial charge in [-0.2, -0.15) is 13.2 Å². The van der Waals surface area contributed by atoms with Gasteiger partial charge >= 0.3 is 12.1 Å². The number of alkyl halides is 3. The molecule has 1 aromatic carbocycles. The van der Waals surface area contributed by atoms with E-state index in [0.29, 0.717) is 12.0 Å². The first-order valence-electron chi connectivity index (χ1n) is 7.85. The molecule has 1 aromatic rings. The zero-order chi connectivity index (χ0) is 19.2. The average molecular weight is 364 g/mol. The fourth-order valence-electron chi connectivity index (χ4n) is 3.73. The maximum absolute atomic E-state index is 14.0. The third kappa shape index (κ3) is 2.96. The van der Waals surface area contributed by atoms with Gasteiger partial charge in [-0.25, -0.2) is 9.18 Å². The normalized spacial score (nSPS) is 18.2. The van der Waals surface area contributed by atoms with Gasteiger partial charge in [-0.1, -0.05) is 20.8 Å². The van der Waals surface area contributed by atoms with Crippen LogP contribution in [0.5, 0.6) is 5.75 Å². The molecule has 0 fully saturated rings. The summed E-state index contributed by atoms with van der Waals surface area (Å²) in [4.78, 5) is 11.4. The predicted octanol–water partition coefficient (Wildman–Crippen LogP) is 3.44. The first-order valence-corrected chi connectivity index (χ1v) is 7.85. The zero-order valence-corrected chi connectivity index (χ0v) is 14.1. The van der Waals surface area contributed by atoms with Crippen LogP contribution in [0.1, 0.15) is 38.3 Å². The van der Waals surface area contributed by atoms with Crippen molar-refractivity contribution in [2.75, 3.05) is 6.61 Å². The van der Waals surface area contributed by atoms with Crippen LogP contribution in [0.2, 0.25) is 0 Å². The lowest BCUT2D eigenvalue weighted by Gasteiger charge is -2.43. The van der Waals surface area contributed by atoms with E-state index in [4.69, 9.17) is 9.84 Å². The third-order valence-electron chi connectivity index (χ3n) is 4.98. The van der Waals surface area contributed by atoms with Gasteiger partial charge < -0.3 is 14.9 Å². The maximum atomic E-state index is 14.0. The summed E-state index contributed by atoms with van der Waals surface area (Å²) in [7, 11) is 0. The number of ether oxygens (including phenoxy) is 1. The molecule has 0 bridgehead atoms. The van der Waals surface area contributed by atoms with Crippen molar-refractivity contribution in [1.29, 1.82) is 0 Å². The van der Waals surface area contributed by atoms with Gasteiger partial charge in [0.05, 0.1) is 6.61 Å². The molecule has 2 N–H and O–H groups in total. The summed E-state index contributed by atoms with van der Waals surface area (Å²) >= 11 is 0. The first kappa shape index (κ1) is 19.5. The van der Waals surface area contributed by atoms with E-state index < -0.39 is 34.9 Å². The van der Waals surface area contributed by atoms with Gasteiger partial charge in [0, 0.05) is 23.5 Å². The fraction of sp³-hybridized carbons (Fsp3) is 0.588. The second-order valence-electron chi connectivity index (χ2n) is 6.79. The molecule has 25 heavy (non-hydrogen) atoms. The molecule has 0 saturated heterocycles. The first-order chi connectivity index (χ1) is 11.4. The highest BCUT2D eigenvalue weighted by atomic mass is 19.4. The van der Waals surface area contributed by atoms with E-state index in [-0.39, 0.29) is 24.3 Å². The summed E-state index contributed by atoms with van der Waals surface area (Å²) < 4.78 is 59.8. The van der Waals surface area contributed by atoms with Gasteiger partial charge in [0.25, 0.3) is 5.60 Å². The van der Waals surface area contributed by atoms with E-state index in [2.05, 4.69) is 0 Å². The van der Waals surface area contributed by atoms with E-state index in [1.807, 2.05) is 0 Å². The van der Waals surface area contributed by atoms with E-state index >= 15 is 0 Å². The molecule has 0 spiro atoms. The Morgan fingerprint density at radius 3 is 2.40 bits per heavy atom. The number of benzene rings is 1. The van der Waals surface area contributed by atoms with Crippen molar-refractivity contribution in [2.24, 2.45) is 5.92 Å². The topological polar surface area (TPSA) is 66.8 Å². The summed E-state index contributed by atoms with van der Waals surface area (Å²) in [5, 5.41) is 19.3. The van der Waals surface area contributed by atoms with E-state index in [1.54, 1.807) is 0 Å². The van der Waals surface area contributed by atoms with Crippen molar-refractivity contribution in [3.05, 3.63) is 29.1 Å². The molecule has 0 aromatic heterocycles. The Morgan fingerprint density at radius 1 is 1.32 bits per heavy atom. The molecule has 0 saturated carbocycles. The average Bonchev–Trinajstić information content (AvgIpc) is 2.92. The van der Waals surface area contributed by atoms with Crippen LogP contribution in [0.25, 0.3) is 0 Å². The Kier molecular flexibility index (Phi) is 4.80. The minimum absolute atomic E-state index is 0.121. The molecule has 8 heteroatoms. The fourth-order valence-corrected chi connectivity index (χ4v) is 3.73. The Labute approximate surface area is 142 Å². The molecule has 140 valence electrons. The van der Waals surface area contributed by atoms with Crippen molar-refractivity contribution in [3.63, 3.8) is 0 Å². The molecule has 2 rings (SSSR count). The Bertz CT molecular complexity index is 684. The number of carboxylic acid groups (broad SMARTS) is 1. The second-order valence-corrected chi connectivity index (χ2v) is 6.79. The number of carboxylic acids is 1. The highest BCUT2D eigenvalue weighted by Gasteiger charge is 2.67. The lowest BCUT2D eigenvalue weighted by Crippen LogP contribution is -2.61. The van der Waals surface area contributed by atoms with Gasteiger partial charge in [0.1, 0.15) is 11.6 Å². The highest BCUT2D eigenvalue weighted by molar-refractivity contribution is 5.79. The maximum Gasteiger partial charge on any atom is 0.428 e.